The van der Waals surface area contributed by atoms with Crippen molar-refractivity contribution in [3.63, 3.8) is 0 Å². The molecule has 0 radical (unpaired) electrons. The van der Waals surface area contributed by atoms with Gasteiger partial charge in [-0.3, -0.25) is 18.6 Å². The van der Waals surface area contributed by atoms with E-state index in [2.05, 4.69) is 61.7 Å². The highest BCUT2D eigenvalue weighted by Crippen LogP contribution is 2.43. The van der Waals surface area contributed by atoms with E-state index in [-0.39, 0.29) is 12.8 Å². The van der Waals surface area contributed by atoms with Crippen LogP contribution in [-0.4, -0.2) is 64.9 Å². The number of phosphoric acid groups is 1. The largest absolute Gasteiger partial charge is 0.480 e. The first-order valence-corrected chi connectivity index (χ1v) is 21.7. The van der Waals surface area contributed by atoms with Gasteiger partial charge in [0.15, 0.2) is 6.04 Å². The van der Waals surface area contributed by atoms with Crippen LogP contribution in [0.25, 0.3) is 0 Å². The molecule has 0 fully saturated rings. The van der Waals surface area contributed by atoms with Gasteiger partial charge >= 0.3 is 19.8 Å². The molecule has 0 aliphatic carbocycles. The van der Waals surface area contributed by atoms with Crippen LogP contribution in [0.5, 0.6) is 0 Å². The average Bonchev–Trinajstić information content (AvgIpc) is 3.13. The van der Waals surface area contributed by atoms with Crippen LogP contribution >= 0.6 is 7.82 Å². The zero-order valence-corrected chi connectivity index (χ0v) is 33.7. The molecule has 3 atom stereocenters. The van der Waals surface area contributed by atoms with Gasteiger partial charge in [-0.25, -0.2) is 9.36 Å². The molecule has 0 aliphatic heterocycles. The first-order valence-electron chi connectivity index (χ1n) is 20.2. The molecule has 306 valence electrons. The third-order valence-electron chi connectivity index (χ3n) is 8.38. The third-order valence-corrected chi connectivity index (χ3v) is 9.33. The summed E-state index contributed by atoms with van der Waals surface area (Å²) in [4.78, 5) is 45.7. The Morgan fingerprint density at radius 3 is 1.62 bits per heavy atom. The van der Waals surface area contributed by atoms with Gasteiger partial charge in [0.05, 0.1) is 13.2 Å². The maximum absolute atomic E-state index is 12.2. The Balaban J connectivity index is 4.00. The number of aliphatic carboxylic acids is 1. The van der Waals surface area contributed by atoms with Crippen molar-refractivity contribution in [2.75, 3.05) is 19.8 Å². The van der Waals surface area contributed by atoms with Crippen molar-refractivity contribution < 1.29 is 47.8 Å². The number of carboxylic acid groups (broad SMARTS) is 1. The number of esters is 1. The average molecular weight is 770 g/mol. The Morgan fingerprint density at radius 1 is 0.623 bits per heavy atom. The van der Waals surface area contributed by atoms with Gasteiger partial charge in [-0.05, 0) is 51.4 Å². The van der Waals surface area contributed by atoms with Gasteiger partial charge in [0.2, 0.25) is 5.91 Å². The second-order valence-corrected chi connectivity index (χ2v) is 14.9. The predicted molar refractivity (Wildman–Crippen MR) is 212 cm³/mol. The van der Waals surface area contributed by atoms with Gasteiger partial charge in [0.25, 0.3) is 0 Å². The fourth-order valence-corrected chi connectivity index (χ4v) is 6.02. The van der Waals surface area contributed by atoms with Crippen molar-refractivity contribution in [2.24, 2.45) is 0 Å². The number of aliphatic hydroxyl groups excluding tert-OH is 1. The lowest BCUT2D eigenvalue weighted by Gasteiger charge is -2.18. The zero-order chi connectivity index (χ0) is 39.3. The lowest BCUT2D eigenvalue weighted by molar-refractivity contribution is -0.147. The smallest absolute Gasteiger partial charge is 0.472 e. The molecule has 12 heteroatoms. The quantitative estimate of drug-likeness (QED) is 0.0207. The Morgan fingerprint density at radius 2 is 1.09 bits per heavy atom. The SMILES string of the molecule is CC/C=C\C/C=C\C/C=C\C/C=C\CCCCC(=O)NC(COP(=O)(O)OCC(O)COC(=O)CCCCCCCCCCCCCCCC)C(=O)O. The summed E-state index contributed by atoms with van der Waals surface area (Å²) in [5.41, 5.74) is 0. The molecular weight excluding hydrogens is 697 g/mol. The molecule has 0 bridgehead atoms. The van der Waals surface area contributed by atoms with E-state index in [0.717, 1.165) is 57.8 Å². The van der Waals surface area contributed by atoms with Crippen molar-refractivity contribution in [3.8, 4) is 0 Å². The molecule has 0 spiro atoms. The standard InChI is InChI=1S/C41H72NO10P/c1-3-5-7-9-11-13-15-17-19-20-22-24-26-28-30-32-39(44)42-38(41(46)47)36-52-53(48,49)51-35-37(43)34-50-40(45)33-31-29-27-25-23-21-18-16-14-12-10-8-6-4-2/h5,7,11,13,17,19,22,24,37-38,43H,3-4,6,8-10,12,14-16,18,20-21,23,25-36H2,1-2H3,(H,42,44)(H,46,47)(H,48,49)/b7-5-,13-11-,19-17-,24-22-. The molecule has 3 unspecified atom stereocenters. The van der Waals surface area contributed by atoms with Crippen LogP contribution in [0.1, 0.15) is 162 Å². The molecule has 0 heterocycles. The molecule has 0 saturated heterocycles. The number of allylic oxidation sites excluding steroid dienone is 8. The van der Waals surface area contributed by atoms with Crippen molar-refractivity contribution in [2.45, 2.75) is 174 Å². The zero-order valence-electron chi connectivity index (χ0n) is 32.8. The van der Waals surface area contributed by atoms with Gasteiger partial charge in [-0.1, -0.05) is 146 Å². The summed E-state index contributed by atoms with van der Waals surface area (Å²) < 4.78 is 26.7. The first-order chi connectivity index (χ1) is 25.6. The van der Waals surface area contributed by atoms with E-state index in [4.69, 9.17) is 13.8 Å². The van der Waals surface area contributed by atoms with Crippen molar-refractivity contribution in [1.82, 2.24) is 5.32 Å². The number of amides is 1. The second kappa shape index (κ2) is 36.4. The summed E-state index contributed by atoms with van der Waals surface area (Å²) in [6.07, 6.45) is 38.6. The number of carbonyl (C=O) groups is 3. The van der Waals surface area contributed by atoms with E-state index in [0.29, 0.717) is 12.8 Å². The molecule has 0 saturated carbocycles. The van der Waals surface area contributed by atoms with Crippen LogP contribution in [0, 0.1) is 0 Å². The number of hydrogen-bond donors (Lipinski definition) is 4. The van der Waals surface area contributed by atoms with Gasteiger partial charge in [-0.2, -0.15) is 0 Å². The van der Waals surface area contributed by atoms with Crippen LogP contribution in [0.3, 0.4) is 0 Å². The van der Waals surface area contributed by atoms with Gasteiger partial charge in [0, 0.05) is 12.8 Å². The first kappa shape index (κ1) is 50.4. The molecule has 0 rings (SSSR count). The fourth-order valence-electron chi connectivity index (χ4n) is 5.25. The Bertz CT molecular complexity index is 1090. The lowest BCUT2D eigenvalue weighted by atomic mass is 10.0. The lowest BCUT2D eigenvalue weighted by Crippen LogP contribution is -2.43. The van der Waals surface area contributed by atoms with Crippen LogP contribution in [-0.2, 0) is 32.7 Å². The number of unbranched alkanes of at least 4 members (excludes halogenated alkanes) is 15. The van der Waals surface area contributed by atoms with Crippen LogP contribution in [0.2, 0.25) is 0 Å². The topological polar surface area (TPSA) is 169 Å². The molecule has 11 nitrogen and oxygen atoms in total. The van der Waals surface area contributed by atoms with E-state index in [1.807, 2.05) is 6.08 Å². The minimum absolute atomic E-state index is 0.0922. The number of phosphoric ester groups is 1. The molecule has 4 N–H and O–H groups in total. The van der Waals surface area contributed by atoms with Gasteiger partial charge < -0.3 is 25.2 Å². The van der Waals surface area contributed by atoms with Gasteiger partial charge in [0.1, 0.15) is 12.7 Å². The Kier molecular flexibility index (Phi) is 34.7. The highest BCUT2D eigenvalue weighted by atomic mass is 31.2. The highest BCUT2D eigenvalue weighted by molar-refractivity contribution is 7.47. The number of aliphatic hydroxyl groups is 1. The number of carbonyl (C=O) groups excluding carboxylic acids is 2. The minimum atomic E-state index is -4.76. The summed E-state index contributed by atoms with van der Waals surface area (Å²) in [5.74, 6) is -2.43. The van der Waals surface area contributed by atoms with Crippen molar-refractivity contribution in [3.05, 3.63) is 48.6 Å². The molecular formula is C41H72NO10P. The minimum Gasteiger partial charge on any atom is -0.480 e. The van der Waals surface area contributed by atoms with E-state index in [1.54, 1.807) is 0 Å². The van der Waals surface area contributed by atoms with E-state index >= 15 is 0 Å². The van der Waals surface area contributed by atoms with Crippen LogP contribution < -0.4 is 5.32 Å². The number of ether oxygens (including phenoxy) is 1. The number of carboxylic acids is 1. The van der Waals surface area contributed by atoms with Crippen molar-refractivity contribution >= 4 is 25.7 Å². The molecule has 1 amide bonds. The molecule has 0 aromatic rings. The maximum atomic E-state index is 12.2. The summed E-state index contributed by atoms with van der Waals surface area (Å²) in [7, 11) is -4.76. The van der Waals surface area contributed by atoms with Crippen LogP contribution in [0.15, 0.2) is 48.6 Å². The number of nitrogens with one attached hydrogen (secondary N) is 1. The monoisotopic (exact) mass is 769 g/mol. The molecule has 53 heavy (non-hydrogen) atoms. The summed E-state index contributed by atoms with van der Waals surface area (Å²) in [5, 5.41) is 21.7. The summed E-state index contributed by atoms with van der Waals surface area (Å²) in [6, 6.07) is -1.57. The highest BCUT2D eigenvalue weighted by Gasteiger charge is 2.28. The van der Waals surface area contributed by atoms with Crippen molar-refractivity contribution in [1.29, 1.82) is 0 Å². The van der Waals surface area contributed by atoms with Gasteiger partial charge in [-0.15, -0.1) is 0 Å². The number of rotatable bonds is 37. The van der Waals surface area contributed by atoms with E-state index in [1.165, 1.54) is 64.2 Å². The molecule has 0 aromatic heterocycles. The Hall–Kier alpha value is -2.56. The number of hydrogen-bond acceptors (Lipinski definition) is 8. The third kappa shape index (κ3) is 36.2. The normalized spacial score (nSPS) is 14.3. The summed E-state index contributed by atoms with van der Waals surface area (Å²) in [6.45, 7) is 2.43. The maximum Gasteiger partial charge on any atom is 0.472 e. The van der Waals surface area contributed by atoms with E-state index in [9.17, 15) is 34.1 Å². The summed E-state index contributed by atoms with van der Waals surface area (Å²) >= 11 is 0. The Labute approximate surface area is 320 Å². The van der Waals surface area contributed by atoms with Crippen LogP contribution in [0.4, 0.5) is 0 Å². The molecule has 0 aromatic carbocycles. The van der Waals surface area contributed by atoms with E-state index < -0.39 is 57.6 Å². The fraction of sp³-hybridized carbons (Fsp3) is 0.732. The predicted octanol–water partition coefficient (Wildman–Crippen LogP) is 9.83. The second-order valence-electron chi connectivity index (χ2n) is 13.4. The molecule has 0 aliphatic rings.